The van der Waals surface area contributed by atoms with Crippen LogP contribution in [-0.2, 0) is 6.54 Å². The average molecular weight is 406 g/mol. The van der Waals surface area contributed by atoms with E-state index in [0.717, 1.165) is 37.5 Å². The van der Waals surface area contributed by atoms with E-state index in [1.54, 1.807) is 4.90 Å². The van der Waals surface area contributed by atoms with Gasteiger partial charge < -0.3 is 4.90 Å². The van der Waals surface area contributed by atoms with E-state index in [1.807, 2.05) is 13.0 Å². The first-order valence-electron chi connectivity index (χ1n) is 10.1. The summed E-state index contributed by atoms with van der Waals surface area (Å²) in [7, 11) is 0. The third kappa shape index (κ3) is 3.37. The number of benzene rings is 1. The molecule has 7 nitrogen and oxygen atoms in total. The van der Waals surface area contributed by atoms with Crippen LogP contribution in [0, 0.1) is 18.2 Å². The van der Waals surface area contributed by atoms with Gasteiger partial charge in [0.1, 0.15) is 17.3 Å². The third-order valence-corrected chi connectivity index (χ3v) is 6.14. The minimum atomic E-state index is -0.445. The van der Waals surface area contributed by atoms with Crippen LogP contribution in [0.5, 0.6) is 0 Å². The maximum absolute atomic E-state index is 13.1. The molecule has 1 N–H and O–H groups in total. The molecule has 2 aliphatic heterocycles. The Morgan fingerprint density at radius 3 is 2.67 bits per heavy atom. The van der Waals surface area contributed by atoms with E-state index >= 15 is 0 Å². The molecule has 8 heteroatoms. The molecule has 4 heterocycles. The number of likely N-dealkylation sites (tertiary alicyclic amines) is 2. The Hall–Kier alpha value is -3.13. The minimum absolute atomic E-state index is 0.0842. The Kier molecular flexibility index (Phi) is 4.58. The number of hydrogen-bond acceptors (Lipinski definition) is 5. The number of hydrogen-bond donors (Lipinski definition) is 1. The van der Waals surface area contributed by atoms with Gasteiger partial charge in [-0.15, -0.1) is 0 Å². The zero-order chi connectivity index (χ0) is 20.7. The Bertz CT molecular complexity index is 1050. The van der Waals surface area contributed by atoms with Gasteiger partial charge in [0, 0.05) is 44.1 Å². The zero-order valence-electron chi connectivity index (χ0n) is 16.8. The number of halogens is 1. The monoisotopic (exact) mass is 406 g/mol. The van der Waals surface area contributed by atoms with E-state index in [2.05, 4.69) is 49.3 Å². The predicted molar refractivity (Wildman–Crippen MR) is 108 cm³/mol. The summed E-state index contributed by atoms with van der Waals surface area (Å²) in [6.07, 6.45) is 1.08. The van der Waals surface area contributed by atoms with Gasteiger partial charge in [-0.1, -0.05) is 30.3 Å². The Balaban J connectivity index is 1.35. The number of nitrogens with zero attached hydrogens (tertiary/aromatic N) is 5. The van der Waals surface area contributed by atoms with Crippen LogP contribution in [0.3, 0.4) is 0 Å². The van der Waals surface area contributed by atoms with Crippen LogP contribution >= 0.6 is 0 Å². The Morgan fingerprint density at radius 2 is 2.00 bits per heavy atom. The van der Waals surface area contributed by atoms with Crippen molar-refractivity contribution in [1.82, 2.24) is 30.0 Å². The number of carbonyl (C=O) groups is 1. The summed E-state index contributed by atoms with van der Waals surface area (Å²) in [4.78, 5) is 25.5. The molecule has 1 spiro atoms. The van der Waals surface area contributed by atoms with Crippen LogP contribution in [0.1, 0.15) is 33.6 Å². The average Bonchev–Trinajstić information content (AvgIpc) is 3.31. The molecule has 1 atom stereocenters. The standard InChI is InChI=1S/C22H23FN6O/c1-15-25-20(27-26-15)18-11-28(10-16-5-3-2-4-6-16)12-22(18)13-29(14-22)21(30)19-8-7-17(23)9-24-19/h2-9,18H,10-14H2,1H3,(H,25,26,27). The van der Waals surface area contributed by atoms with Gasteiger partial charge in [0.05, 0.1) is 6.20 Å². The van der Waals surface area contributed by atoms with Gasteiger partial charge in [-0.3, -0.25) is 14.8 Å². The number of aromatic amines is 1. The molecule has 1 unspecified atom stereocenters. The molecule has 0 bridgehead atoms. The van der Waals surface area contributed by atoms with E-state index in [9.17, 15) is 9.18 Å². The lowest BCUT2D eigenvalue weighted by Gasteiger charge is -2.50. The Labute approximate surface area is 174 Å². The molecule has 1 aromatic carbocycles. The van der Waals surface area contributed by atoms with Crippen molar-refractivity contribution in [1.29, 1.82) is 0 Å². The van der Waals surface area contributed by atoms with Crippen molar-refractivity contribution in [3.63, 3.8) is 0 Å². The van der Waals surface area contributed by atoms with Gasteiger partial charge in [0.15, 0.2) is 5.82 Å². The van der Waals surface area contributed by atoms with Crippen molar-refractivity contribution >= 4 is 5.91 Å². The van der Waals surface area contributed by atoms with Crippen LogP contribution in [0.2, 0.25) is 0 Å². The van der Waals surface area contributed by atoms with Crippen molar-refractivity contribution in [2.45, 2.75) is 19.4 Å². The number of amides is 1. The molecule has 2 fully saturated rings. The predicted octanol–water partition coefficient (Wildman–Crippen LogP) is 2.39. The smallest absolute Gasteiger partial charge is 0.272 e. The first kappa shape index (κ1) is 18.9. The highest BCUT2D eigenvalue weighted by Gasteiger charge is 2.57. The highest BCUT2D eigenvalue weighted by Crippen LogP contribution is 2.48. The van der Waals surface area contributed by atoms with Gasteiger partial charge >= 0.3 is 0 Å². The van der Waals surface area contributed by atoms with Crippen molar-refractivity contribution in [2.75, 3.05) is 26.2 Å². The molecule has 30 heavy (non-hydrogen) atoms. The second kappa shape index (κ2) is 7.28. The quantitative estimate of drug-likeness (QED) is 0.720. The van der Waals surface area contributed by atoms with E-state index in [1.165, 1.54) is 17.7 Å². The summed E-state index contributed by atoms with van der Waals surface area (Å²) in [6.45, 7) is 5.72. The molecule has 2 saturated heterocycles. The van der Waals surface area contributed by atoms with Crippen LogP contribution in [0.15, 0.2) is 48.7 Å². The molecule has 5 rings (SSSR count). The van der Waals surface area contributed by atoms with Gasteiger partial charge in [0.25, 0.3) is 5.91 Å². The first-order valence-corrected chi connectivity index (χ1v) is 10.1. The number of carbonyl (C=O) groups excluding carboxylic acids is 1. The van der Waals surface area contributed by atoms with Crippen LogP contribution in [0.4, 0.5) is 4.39 Å². The van der Waals surface area contributed by atoms with Crippen LogP contribution < -0.4 is 0 Å². The fourth-order valence-electron chi connectivity index (χ4n) is 4.75. The SMILES string of the molecule is Cc1nc(C2CN(Cc3ccccc3)CC23CN(C(=O)c2ccc(F)cn2)C3)n[nH]1. The number of rotatable bonds is 4. The third-order valence-electron chi connectivity index (χ3n) is 6.14. The largest absolute Gasteiger partial charge is 0.336 e. The lowest BCUT2D eigenvalue weighted by molar-refractivity contribution is 0.00136. The summed E-state index contributed by atoms with van der Waals surface area (Å²) in [5, 5.41) is 7.39. The van der Waals surface area contributed by atoms with E-state index in [0.29, 0.717) is 13.1 Å². The van der Waals surface area contributed by atoms with Gasteiger partial charge in [-0.2, -0.15) is 5.10 Å². The molecule has 0 radical (unpaired) electrons. The number of H-pyrrole nitrogens is 1. The highest BCUT2D eigenvalue weighted by molar-refractivity contribution is 5.93. The van der Waals surface area contributed by atoms with E-state index in [4.69, 9.17) is 0 Å². The summed E-state index contributed by atoms with van der Waals surface area (Å²) in [5.74, 6) is 1.15. The molecule has 0 saturated carbocycles. The molecular weight excluding hydrogens is 383 g/mol. The molecule has 2 aromatic heterocycles. The maximum atomic E-state index is 13.1. The van der Waals surface area contributed by atoms with Gasteiger partial charge in [0.2, 0.25) is 0 Å². The second-order valence-corrected chi connectivity index (χ2v) is 8.37. The van der Waals surface area contributed by atoms with E-state index in [-0.39, 0.29) is 22.9 Å². The zero-order valence-corrected chi connectivity index (χ0v) is 16.8. The van der Waals surface area contributed by atoms with Crippen LogP contribution in [-0.4, -0.2) is 62.1 Å². The summed E-state index contributed by atoms with van der Waals surface area (Å²) in [6, 6.07) is 13.1. The van der Waals surface area contributed by atoms with Crippen molar-refractivity contribution in [3.8, 4) is 0 Å². The number of nitrogens with one attached hydrogen (secondary N) is 1. The molecular formula is C22H23FN6O. The number of aromatic nitrogens is 4. The number of pyridine rings is 1. The topological polar surface area (TPSA) is 78.0 Å². The Morgan fingerprint density at radius 1 is 1.20 bits per heavy atom. The fourth-order valence-corrected chi connectivity index (χ4v) is 4.75. The molecule has 1 amide bonds. The normalized spacial score (nSPS) is 20.5. The summed E-state index contributed by atoms with van der Waals surface area (Å²) in [5.41, 5.74) is 1.46. The molecule has 154 valence electrons. The van der Waals surface area contributed by atoms with Gasteiger partial charge in [-0.25, -0.2) is 14.4 Å². The van der Waals surface area contributed by atoms with Crippen LogP contribution in [0.25, 0.3) is 0 Å². The second-order valence-electron chi connectivity index (χ2n) is 8.37. The lowest BCUT2D eigenvalue weighted by atomic mass is 9.71. The van der Waals surface area contributed by atoms with Gasteiger partial charge in [-0.05, 0) is 24.6 Å². The maximum Gasteiger partial charge on any atom is 0.272 e. The minimum Gasteiger partial charge on any atom is -0.336 e. The lowest BCUT2D eigenvalue weighted by Crippen LogP contribution is -2.61. The van der Waals surface area contributed by atoms with Crippen molar-refractivity contribution in [3.05, 3.63) is 77.4 Å². The molecule has 0 aliphatic carbocycles. The summed E-state index contributed by atoms with van der Waals surface area (Å²) < 4.78 is 13.1. The van der Waals surface area contributed by atoms with Crippen molar-refractivity contribution in [2.24, 2.45) is 5.41 Å². The first-order chi connectivity index (χ1) is 14.5. The molecule has 2 aliphatic rings. The summed E-state index contributed by atoms with van der Waals surface area (Å²) >= 11 is 0. The van der Waals surface area contributed by atoms with Crippen molar-refractivity contribution < 1.29 is 9.18 Å². The highest BCUT2D eigenvalue weighted by atomic mass is 19.1. The number of aryl methyl sites for hydroxylation is 1. The van der Waals surface area contributed by atoms with E-state index < -0.39 is 5.82 Å². The molecule has 3 aromatic rings. The fraction of sp³-hybridized carbons (Fsp3) is 0.364.